The zero-order chi connectivity index (χ0) is 34.2. The molecule has 13 heteroatoms. The molecular formula is C36H26ClF3N8O. The Hall–Kier alpha value is -5.88. The molecule has 7 aromatic rings. The molecule has 0 bridgehead atoms. The molecule has 0 aliphatic rings. The van der Waals surface area contributed by atoms with E-state index in [0.717, 1.165) is 28.8 Å². The lowest BCUT2D eigenvalue weighted by atomic mass is 9.77. The third-order valence-electron chi connectivity index (χ3n) is 8.30. The smallest absolute Gasteiger partial charge is 0.322 e. The summed E-state index contributed by atoms with van der Waals surface area (Å²) in [6, 6.07) is 34.1. The number of pyridine rings is 1. The molecule has 0 unspecified atom stereocenters. The highest BCUT2D eigenvalue weighted by Gasteiger charge is 2.41. The summed E-state index contributed by atoms with van der Waals surface area (Å²) in [6.07, 6.45) is -3.18. The third-order valence-corrected chi connectivity index (χ3v) is 8.70. The van der Waals surface area contributed by atoms with E-state index >= 15 is 0 Å². The van der Waals surface area contributed by atoms with Gasteiger partial charge in [0.05, 0.1) is 27.2 Å². The maximum absolute atomic E-state index is 13.2. The molecule has 3 heterocycles. The number of tetrazole rings is 1. The fourth-order valence-corrected chi connectivity index (χ4v) is 6.44. The van der Waals surface area contributed by atoms with Crippen LogP contribution in [0.5, 0.6) is 0 Å². The number of halogens is 4. The third kappa shape index (κ3) is 5.69. The number of nitrogens with one attached hydrogen (secondary N) is 1. The summed E-state index contributed by atoms with van der Waals surface area (Å²) in [5.41, 5.74) is 2.14. The number of aryl methyl sites for hydroxylation is 1. The highest BCUT2D eigenvalue weighted by molar-refractivity contribution is 6.39. The van der Waals surface area contributed by atoms with Gasteiger partial charge in [-0.05, 0) is 58.3 Å². The number of carbonyl (C=O) groups is 1. The van der Waals surface area contributed by atoms with Crippen LogP contribution in [0.4, 0.5) is 18.9 Å². The summed E-state index contributed by atoms with van der Waals surface area (Å²) >= 11 is 6.78. The van der Waals surface area contributed by atoms with Gasteiger partial charge < -0.3 is 5.32 Å². The van der Waals surface area contributed by atoms with Crippen LogP contribution in [0.1, 0.15) is 44.1 Å². The van der Waals surface area contributed by atoms with Gasteiger partial charge in [0.25, 0.3) is 5.91 Å². The Balaban J connectivity index is 1.29. The van der Waals surface area contributed by atoms with Crippen LogP contribution in [0.25, 0.3) is 11.0 Å². The number of aromatic nitrogens is 7. The van der Waals surface area contributed by atoms with Crippen molar-refractivity contribution in [1.82, 2.24) is 35.0 Å². The molecule has 1 N–H and O–H groups in total. The Morgan fingerprint density at radius 2 is 1.35 bits per heavy atom. The summed E-state index contributed by atoms with van der Waals surface area (Å²) in [4.78, 5) is 17.7. The van der Waals surface area contributed by atoms with Crippen molar-refractivity contribution < 1.29 is 18.0 Å². The maximum atomic E-state index is 13.2. The number of nitrogens with zero attached hydrogens (tertiary/aromatic N) is 7. The van der Waals surface area contributed by atoms with E-state index in [-0.39, 0.29) is 22.8 Å². The second kappa shape index (κ2) is 12.6. The van der Waals surface area contributed by atoms with Crippen molar-refractivity contribution in [3.63, 3.8) is 0 Å². The van der Waals surface area contributed by atoms with Gasteiger partial charge in [-0.2, -0.15) is 18.3 Å². The van der Waals surface area contributed by atoms with Crippen LogP contribution >= 0.6 is 11.6 Å². The molecule has 0 saturated heterocycles. The van der Waals surface area contributed by atoms with Crippen molar-refractivity contribution in [2.24, 2.45) is 0 Å². The molecule has 1 amide bonds. The summed E-state index contributed by atoms with van der Waals surface area (Å²) in [7, 11) is 0. The zero-order valence-electron chi connectivity index (χ0n) is 25.8. The first kappa shape index (κ1) is 31.7. The van der Waals surface area contributed by atoms with Crippen molar-refractivity contribution in [2.75, 3.05) is 5.32 Å². The normalized spacial score (nSPS) is 11.9. The Bertz CT molecular complexity index is 2160. The van der Waals surface area contributed by atoms with E-state index in [2.05, 4.69) is 25.8 Å². The van der Waals surface area contributed by atoms with Gasteiger partial charge >= 0.3 is 6.18 Å². The molecule has 0 radical (unpaired) electrons. The molecule has 7 rings (SSSR count). The van der Waals surface area contributed by atoms with Gasteiger partial charge in [0.2, 0.25) is 0 Å². The number of alkyl halides is 3. The van der Waals surface area contributed by atoms with Gasteiger partial charge in [0.15, 0.2) is 11.5 Å². The summed E-state index contributed by atoms with van der Waals surface area (Å²) in [5.74, 6) is -0.156. The Labute approximate surface area is 283 Å². The molecule has 3 aromatic heterocycles. The molecular weight excluding hydrogens is 653 g/mol. The lowest BCUT2D eigenvalue weighted by molar-refractivity contribution is -0.137. The predicted octanol–water partition coefficient (Wildman–Crippen LogP) is 7.54. The van der Waals surface area contributed by atoms with Crippen LogP contribution in [-0.4, -0.2) is 40.9 Å². The molecule has 9 nitrogen and oxygen atoms in total. The second-order valence-electron chi connectivity index (χ2n) is 11.3. The van der Waals surface area contributed by atoms with Crippen LogP contribution in [0.3, 0.4) is 0 Å². The minimum Gasteiger partial charge on any atom is -0.322 e. The number of benzene rings is 4. The van der Waals surface area contributed by atoms with Crippen LogP contribution in [0.2, 0.25) is 5.02 Å². The SMILES string of the molecule is Cc1nn(Cc2nnnn2C(c2ccccc2)(c2ccccc2)c2ccccc2)c2ncc(C(=O)Nc3ccc(C(F)(F)F)cc3)c(Cl)c12. The second-order valence-corrected chi connectivity index (χ2v) is 11.7. The summed E-state index contributed by atoms with van der Waals surface area (Å²) in [5, 5.41) is 21.0. The van der Waals surface area contributed by atoms with E-state index in [1.165, 1.54) is 18.3 Å². The van der Waals surface area contributed by atoms with Crippen molar-refractivity contribution >= 4 is 34.2 Å². The van der Waals surface area contributed by atoms with Crippen LogP contribution in [-0.2, 0) is 18.3 Å². The number of fused-ring (bicyclic) bond motifs is 1. The van der Waals surface area contributed by atoms with Gasteiger partial charge in [0, 0.05) is 11.9 Å². The van der Waals surface area contributed by atoms with Crippen molar-refractivity contribution in [3.8, 4) is 0 Å². The number of hydrogen-bond acceptors (Lipinski definition) is 6. The monoisotopic (exact) mass is 678 g/mol. The van der Waals surface area contributed by atoms with E-state index in [1.807, 2.05) is 91.0 Å². The Morgan fingerprint density at radius 3 is 1.88 bits per heavy atom. The number of rotatable bonds is 8. The summed E-state index contributed by atoms with van der Waals surface area (Å²) < 4.78 is 42.4. The molecule has 0 saturated carbocycles. The predicted molar refractivity (Wildman–Crippen MR) is 178 cm³/mol. The Morgan fingerprint density at radius 1 is 0.796 bits per heavy atom. The highest BCUT2D eigenvalue weighted by Crippen LogP contribution is 2.41. The van der Waals surface area contributed by atoms with Crippen LogP contribution < -0.4 is 5.32 Å². The number of hydrogen-bond donors (Lipinski definition) is 1. The van der Waals surface area contributed by atoms with Crippen LogP contribution in [0, 0.1) is 6.92 Å². The van der Waals surface area contributed by atoms with E-state index in [0.29, 0.717) is 22.6 Å². The maximum Gasteiger partial charge on any atom is 0.416 e. The van der Waals surface area contributed by atoms with Gasteiger partial charge in [0.1, 0.15) is 12.1 Å². The zero-order valence-corrected chi connectivity index (χ0v) is 26.6. The molecule has 0 aliphatic heterocycles. The van der Waals surface area contributed by atoms with Crippen molar-refractivity contribution in [3.05, 3.63) is 166 Å². The number of carbonyl (C=O) groups excluding carboxylic acids is 1. The van der Waals surface area contributed by atoms with E-state index in [4.69, 9.17) is 16.7 Å². The molecule has 49 heavy (non-hydrogen) atoms. The van der Waals surface area contributed by atoms with Gasteiger partial charge in [-0.1, -0.05) is 103 Å². The lowest BCUT2D eigenvalue weighted by Gasteiger charge is -2.36. The first-order chi connectivity index (χ1) is 23.7. The van der Waals surface area contributed by atoms with E-state index in [1.54, 1.807) is 16.3 Å². The highest BCUT2D eigenvalue weighted by atomic mass is 35.5. The quantitative estimate of drug-likeness (QED) is 0.167. The van der Waals surface area contributed by atoms with Gasteiger partial charge in [-0.25, -0.2) is 14.3 Å². The minimum absolute atomic E-state index is 0.0396. The molecule has 0 atom stereocenters. The number of anilines is 1. The fraction of sp³-hybridized carbons (Fsp3) is 0.111. The van der Waals surface area contributed by atoms with Crippen molar-refractivity contribution in [2.45, 2.75) is 25.2 Å². The van der Waals surface area contributed by atoms with Crippen molar-refractivity contribution in [1.29, 1.82) is 0 Å². The van der Waals surface area contributed by atoms with E-state index in [9.17, 15) is 18.0 Å². The molecule has 4 aromatic carbocycles. The molecule has 0 fully saturated rings. The van der Waals surface area contributed by atoms with Gasteiger partial charge in [-0.15, -0.1) is 5.10 Å². The van der Waals surface area contributed by atoms with Gasteiger partial charge in [-0.3, -0.25) is 4.79 Å². The largest absolute Gasteiger partial charge is 0.416 e. The molecule has 0 spiro atoms. The standard InChI is InChI=1S/C36H26ClF3N8O/c1-23-31-32(37)29(34(49)42-28-19-17-27(18-20-28)36(38,39)40)21-41-33(31)47(44-23)22-30-43-45-46-48(30)35(24-11-5-2-6-12-24,25-13-7-3-8-14-25)26-15-9-4-10-16-26/h2-21H,22H2,1H3,(H,42,49). The molecule has 0 aliphatic carbocycles. The first-order valence-corrected chi connectivity index (χ1v) is 15.5. The molecule has 244 valence electrons. The average Bonchev–Trinajstić information content (AvgIpc) is 3.70. The Kier molecular flexibility index (Phi) is 8.17. The van der Waals surface area contributed by atoms with E-state index < -0.39 is 23.2 Å². The summed E-state index contributed by atoms with van der Waals surface area (Å²) in [6.45, 7) is 1.85. The lowest BCUT2D eigenvalue weighted by Crippen LogP contribution is -2.40. The fourth-order valence-electron chi connectivity index (χ4n) is 6.09. The average molecular weight is 679 g/mol. The first-order valence-electron chi connectivity index (χ1n) is 15.1. The number of amides is 1. The van der Waals surface area contributed by atoms with Crippen LogP contribution in [0.15, 0.2) is 121 Å². The minimum atomic E-state index is -4.49. The topological polar surface area (TPSA) is 103 Å².